The van der Waals surface area contributed by atoms with Gasteiger partial charge in [-0.25, -0.2) is 8.42 Å². The van der Waals surface area contributed by atoms with Crippen molar-refractivity contribution < 1.29 is 13.2 Å². The third kappa shape index (κ3) is 3.61. The van der Waals surface area contributed by atoms with Gasteiger partial charge in [0.15, 0.2) is 0 Å². The summed E-state index contributed by atoms with van der Waals surface area (Å²) in [6.07, 6.45) is 2.24. The van der Waals surface area contributed by atoms with Gasteiger partial charge in [0, 0.05) is 19.7 Å². The van der Waals surface area contributed by atoms with Crippen LogP contribution in [-0.4, -0.2) is 49.3 Å². The van der Waals surface area contributed by atoms with Crippen molar-refractivity contribution in [2.75, 3.05) is 20.3 Å². The van der Waals surface area contributed by atoms with Crippen molar-refractivity contribution in [2.45, 2.75) is 37.5 Å². The van der Waals surface area contributed by atoms with Crippen molar-refractivity contribution >= 4 is 27.2 Å². The molecule has 5 nitrogen and oxygen atoms in total. The van der Waals surface area contributed by atoms with Crippen LogP contribution in [0.5, 0.6) is 0 Å². The Morgan fingerprint density at radius 3 is 2.53 bits per heavy atom. The zero-order chi connectivity index (χ0) is 13.1. The van der Waals surface area contributed by atoms with Gasteiger partial charge in [0.05, 0.1) is 11.6 Å². The molecule has 1 rings (SSSR count). The summed E-state index contributed by atoms with van der Waals surface area (Å²) in [6, 6.07) is 0.110. The monoisotopic (exact) mass is 280 g/mol. The summed E-state index contributed by atoms with van der Waals surface area (Å²) in [7, 11) is -1.88. The van der Waals surface area contributed by atoms with Crippen LogP contribution in [0.3, 0.4) is 0 Å². The maximum Gasteiger partial charge on any atom is 0.223 e. The number of sulfonamides is 1. The average Bonchev–Trinajstić information content (AvgIpc) is 3.01. The molecule has 0 aliphatic heterocycles. The largest absolute Gasteiger partial charge is 0.392 e. The maximum absolute atomic E-state index is 12.4. The average molecular weight is 280 g/mol. The fourth-order valence-electron chi connectivity index (χ4n) is 1.78. The van der Waals surface area contributed by atoms with E-state index in [0.29, 0.717) is 19.6 Å². The minimum atomic E-state index is -3.43. The van der Waals surface area contributed by atoms with Crippen molar-refractivity contribution in [3.05, 3.63) is 0 Å². The van der Waals surface area contributed by atoms with E-state index < -0.39 is 15.3 Å². The molecule has 0 bridgehead atoms. The topological polar surface area (TPSA) is 72.6 Å². The molecule has 1 saturated carbocycles. The maximum atomic E-state index is 12.4. The number of nitrogens with two attached hydrogens (primary N) is 1. The molecule has 1 aliphatic carbocycles. The first kappa shape index (κ1) is 14.8. The Hall–Kier alpha value is -0.240. The molecular weight excluding hydrogens is 260 g/mol. The number of nitrogens with zero attached hydrogens (tertiary/aromatic N) is 1. The minimum Gasteiger partial charge on any atom is -0.392 e. The van der Waals surface area contributed by atoms with E-state index in [0.717, 1.165) is 12.8 Å². The molecule has 0 radical (unpaired) electrons. The van der Waals surface area contributed by atoms with Gasteiger partial charge in [0.1, 0.15) is 5.25 Å². The van der Waals surface area contributed by atoms with Crippen molar-refractivity contribution in [3.8, 4) is 0 Å². The summed E-state index contributed by atoms with van der Waals surface area (Å²) >= 11 is 4.84. The second kappa shape index (κ2) is 6.08. The number of ether oxygens (including phenoxy) is 1. The number of hydrogen-bond donors (Lipinski definition) is 1. The smallest absolute Gasteiger partial charge is 0.223 e. The SMILES string of the molecule is CCC(C(N)=S)S(=O)(=O)N(CCOC)C1CC1. The molecule has 0 aromatic carbocycles. The second-order valence-electron chi connectivity index (χ2n) is 4.18. The van der Waals surface area contributed by atoms with Crippen LogP contribution in [0.4, 0.5) is 0 Å². The van der Waals surface area contributed by atoms with Crippen LogP contribution < -0.4 is 5.73 Å². The highest BCUT2D eigenvalue weighted by molar-refractivity contribution is 7.92. The summed E-state index contributed by atoms with van der Waals surface area (Å²) in [6.45, 7) is 2.55. The van der Waals surface area contributed by atoms with Crippen LogP contribution in [0.1, 0.15) is 26.2 Å². The van der Waals surface area contributed by atoms with Crippen molar-refractivity contribution in [3.63, 3.8) is 0 Å². The highest BCUT2D eigenvalue weighted by Crippen LogP contribution is 2.31. The van der Waals surface area contributed by atoms with Gasteiger partial charge in [0.25, 0.3) is 0 Å². The number of hydrogen-bond acceptors (Lipinski definition) is 4. The molecule has 2 N–H and O–H groups in total. The van der Waals surface area contributed by atoms with Gasteiger partial charge in [-0.3, -0.25) is 0 Å². The molecule has 0 saturated heterocycles. The van der Waals surface area contributed by atoms with Gasteiger partial charge < -0.3 is 10.5 Å². The van der Waals surface area contributed by atoms with Crippen LogP contribution in [0.2, 0.25) is 0 Å². The molecule has 1 aliphatic rings. The lowest BCUT2D eigenvalue weighted by Crippen LogP contribution is -2.46. The summed E-state index contributed by atoms with van der Waals surface area (Å²) in [4.78, 5) is 0.0515. The first-order chi connectivity index (χ1) is 7.95. The Kier molecular flexibility index (Phi) is 5.30. The molecule has 1 fully saturated rings. The number of thiocarbonyl (C=S) groups is 1. The van der Waals surface area contributed by atoms with Gasteiger partial charge >= 0.3 is 0 Å². The second-order valence-corrected chi connectivity index (χ2v) is 6.72. The van der Waals surface area contributed by atoms with Crippen LogP contribution in [0, 0.1) is 0 Å². The van der Waals surface area contributed by atoms with Crippen LogP contribution >= 0.6 is 12.2 Å². The van der Waals surface area contributed by atoms with Gasteiger partial charge in [0.2, 0.25) is 10.0 Å². The summed E-state index contributed by atoms with van der Waals surface area (Å²) in [5, 5.41) is -0.755. The highest BCUT2D eigenvalue weighted by atomic mass is 32.2. The molecule has 17 heavy (non-hydrogen) atoms. The van der Waals surface area contributed by atoms with E-state index in [9.17, 15) is 8.42 Å². The normalized spacial score (nSPS) is 18.3. The molecule has 7 heteroatoms. The molecule has 1 atom stereocenters. The van der Waals surface area contributed by atoms with Crippen LogP contribution in [0.15, 0.2) is 0 Å². The summed E-state index contributed by atoms with van der Waals surface area (Å²) in [5.74, 6) is 0. The highest BCUT2D eigenvalue weighted by Gasteiger charge is 2.41. The molecule has 0 aromatic heterocycles. The summed E-state index contributed by atoms with van der Waals surface area (Å²) < 4.78 is 31.2. The van der Waals surface area contributed by atoms with Gasteiger partial charge in [-0.15, -0.1) is 0 Å². The standard InChI is InChI=1S/C10H20N2O3S2/c1-3-9(10(11)16)17(13,14)12(6-7-15-2)8-4-5-8/h8-9H,3-7H2,1-2H3,(H2,11,16). The Balaban J connectivity index is 2.86. The molecule has 100 valence electrons. The predicted molar refractivity (Wildman–Crippen MR) is 71.4 cm³/mol. The number of methoxy groups -OCH3 is 1. The molecule has 0 heterocycles. The fraction of sp³-hybridized carbons (Fsp3) is 0.900. The Labute approximate surface area is 108 Å². The Morgan fingerprint density at radius 2 is 2.18 bits per heavy atom. The minimum absolute atomic E-state index is 0.0515. The summed E-state index contributed by atoms with van der Waals surface area (Å²) in [5.41, 5.74) is 5.51. The zero-order valence-corrected chi connectivity index (χ0v) is 11.9. The molecule has 1 unspecified atom stereocenters. The van der Waals surface area contributed by atoms with E-state index in [1.54, 1.807) is 14.0 Å². The lowest BCUT2D eigenvalue weighted by molar-refractivity contribution is 0.177. The van der Waals surface area contributed by atoms with Crippen LogP contribution in [-0.2, 0) is 14.8 Å². The lowest BCUT2D eigenvalue weighted by Gasteiger charge is -2.26. The Bertz CT molecular complexity index is 366. The van der Waals surface area contributed by atoms with E-state index in [2.05, 4.69) is 0 Å². The fourth-order valence-corrected chi connectivity index (χ4v) is 4.31. The Morgan fingerprint density at radius 1 is 1.59 bits per heavy atom. The number of rotatable bonds is 8. The quantitative estimate of drug-likeness (QED) is 0.655. The third-order valence-electron chi connectivity index (χ3n) is 2.84. The van der Waals surface area contributed by atoms with Gasteiger partial charge in [-0.05, 0) is 19.3 Å². The van der Waals surface area contributed by atoms with Crippen molar-refractivity contribution in [2.24, 2.45) is 5.73 Å². The third-order valence-corrected chi connectivity index (χ3v) is 5.72. The van der Waals surface area contributed by atoms with Crippen molar-refractivity contribution in [1.82, 2.24) is 4.31 Å². The van der Waals surface area contributed by atoms with E-state index in [1.807, 2.05) is 0 Å². The molecule has 0 aromatic rings. The molecule has 0 amide bonds. The predicted octanol–water partition coefficient (Wildman–Crippen LogP) is 0.492. The van der Waals surface area contributed by atoms with E-state index >= 15 is 0 Å². The van der Waals surface area contributed by atoms with Gasteiger partial charge in [-0.1, -0.05) is 19.1 Å². The molecule has 0 spiro atoms. The molecular formula is C10H20N2O3S2. The van der Waals surface area contributed by atoms with Gasteiger partial charge in [-0.2, -0.15) is 4.31 Å². The van der Waals surface area contributed by atoms with E-state index in [4.69, 9.17) is 22.7 Å². The van der Waals surface area contributed by atoms with Crippen LogP contribution in [0.25, 0.3) is 0 Å². The lowest BCUT2D eigenvalue weighted by atomic mass is 10.3. The first-order valence-electron chi connectivity index (χ1n) is 5.74. The zero-order valence-electron chi connectivity index (χ0n) is 10.3. The van der Waals surface area contributed by atoms with E-state index in [-0.39, 0.29) is 11.0 Å². The first-order valence-corrected chi connectivity index (χ1v) is 7.65. The van der Waals surface area contributed by atoms with Crippen molar-refractivity contribution in [1.29, 1.82) is 0 Å². The van der Waals surface area contributed by atoms with E-state index in [1.165, 1.54) is 4.31 Å².